The molecule has 5 rings (SSSR count). The second-order valence-corrected chi connectivity index (χ2v) is 8.80. The molecule has 1 aliphatic rings. The molecular formula is C23H23F3N8O2. The Morgan fingerprint density at radius 3 is 2.56 bits per heavy atom. The third kappa shape index (κ3) is 4.60. The van der Waals surface area contributed by atoms with Crippen LogP contribution in [0.2, 0.25) is 0 Å². The maximum atomic E-state index is 13.4. The van der Waals surface area contributed by atoms with Gasteiger partial charge in [-0.05, 0) is 45.4 Å². The van der Waals surface area contributed by atoms with Crippen LogP contribution in [0.3, 0.4) is 0 Å². The van der Waals surface area contributed by atoms with Crippen molar-refractivity contribution in [1.82, 2.24) is 39.5 Å². The summed E-state index contributed by atoms with van der Waals surface area (Å²) >= 11 is 0. The van der Waals surface area contributed by atoms with E-state index in [1.54, 1.807) is 27.8 Å². The van der Waals surface area contributed by atoms with E-state index in [1.807, 2.05) is 19.9 Å². The van der Waals surface area contributed by atoms with Crippen LogP contribution in [0.1, 0.15) is 40.8 Å². The summed E-state index contributed by atoms with van der Waals surface area (Å²) < 4.78 is 48.3. The van der Waals surface area contributed by atoms with Gasteiger partial charge in [-0.1, -0.05) is 0 Å². The van der Waals surface area contributed by atoms with E-state index in [9.17, 15) is 18.0 Å². The number of amides is 1. The quantitative estimate of drug-likeness (QED) is 0.415. The number of nitrogens with zero attached hydrogens (tertiary/aromatic N) is 8. The molecule has 36 heavy (non-hydrogen) atoms. The van der Waals surface area contributed by atoms with Crippen molar-refractivity contribution in [3.63, 3.8) is 0 Å². The summed E-state index contributed by atoms with van der Waals surface area (Å²) in [5, 5.41) is 16.6. The first-order chi connectivity index (χ1) is 17.1. The summed E-state index contributed by atoms with van der Waals surface area (Å²) in [5.41, 5.74) is 1.77. The highest BCUT2D eigenvalue weighted by molar-refractivity contribution is 5.78. The lowest BCUT2D eigenvalue weighted by molar-refractivity contribution is -0.142. The number of aryl methyl sites for hydroxylation is 3. The average Bonchev–Trinajstić information content (AvgIpc) is 3.54. The molecule has 0 unspecified atom stereocenters. The number of carbonyl (C=O) groups excluding carboxylic acids is 1. The fraction of sp³-hybridized carbons (Fsp3) is 0.391. The van der Waals surface area contributed by atoms with E-state index >= 15 is 0 Å². The van der Waals surface area contributed by atoms with E-state index in [0.29, 0.717) is 31.0 Å². The van der Waals surface area contributed by atoms with E-state index in [4.69, 9.17) is 4.74 Å². The van der Waals surface area contributed by atoms with Gasteiger partial charge in [0.25, 0.3) is 5.91 Å². The van der Waals surface area contributed by atoms with Gasteiger partial charge >= 0.3 is 6.18 Å². The molecule has 4 aromatic heterocycles. The van der Waals surface area contributed by atoms with Crippen LogP contribution in [0, 0.1) is 20.8 Å². The van der Waals surface area contributed by atoms with Crippen LogP contribution in [0.4, 0.5) is 13.2 Å². The van der Waals surface area contributed by atoms with Gasteiger partial charge in [0.15, 0.2) is 18.1 Å². The first kappa shape index (κ1) is 23.7. The number of hydrogen-bond acceptors (Lipinski definition) is 7. The molecule has 188 valence electrons. The van der Waals surface area contributed by atoms with Gasteiger partial charge in [-0.3, -0.25) is 4.79 Å². The van der Waals surface area contributed by atoms with Crippen LogP contribution in [0.5, 0.6) is 5.88 Å². The van der Waals surface area contributed by atoms with Crippen LogP contribution in [-0.2, 0) is 11.0 Å². The van der Waals surface area contributed by atoms with Crippen molar-refractivity contribution in [1.29, 1.82) is 0 Å². The van der Waals surface area contributed by atoms with E-state index in [0.717, 1.165) is 22.0 Å². The van der Waals surface area contributed by atoms with E-state index in [1.165, 1.54) is 6.92 Å². The standard InChI is InChI=1S/C23H23F3N8O2/c1-13-9-18(23(24,25)26)34-20(27-13)10-17(31-34)16-6-7-32(11-16)22(35)12-36-21-5-4-19(28-29-21)33-15(3)8-14(2)30-33/h4-5,8-10,16H,6-7,11-12H2,1-3H3/t16-/m1/s1. The van der Waals surface area contributed by atoms with Gasteiger partial charge in [0.2, 0.25) is 5.88 Å². The fourth-order valence-electron chi connectivity index (χ4n) is 4.34. The number of alkyl halides is 3. The van der Waals surface area contributed by atoms with Crippen molar-refractivity contribution in [2.45, 2.75) is 39.3 Å². The number of aromatic nitrogens is 7. The zero-order valence-electron chi connectivity index (χ0n) is 19.8. The molecule has 1 amide bonds. The largest absolute Gasteiger partial charge is 0.466 e. The van der Waals surface area contributed by atoms with Gasteiger partial charge in [0, 0.05) is 42.5 Å². The number of ether oxygens (including phenoxy) is 1. The number of fused-ring (bicyclic) bond motifs is 1. The van der Waals surface area contributed by atoms with Crippen LogP contribution >= 0.6 is 0 Å². The third-order valence-electron chi connectivity index (χ3n) is 6.02. The molecule has 1 atom stereocenters. The maximum absolute atomic E-state index is 13.4. The highest BCUT2D eigenvalue weighted by atomic mass is 19.4. The SMILES string of the molecule is Cc1cc(C(F)(F)F)n2nc([C@@H]3CCN(C(=O)COc4ccc(-n5nc(C)cc5C)nn4)C3)cc2n1. The normalized spacial score (nSPS) is 16.2. The lowest BCUT2D eigenvalue weighted by Gasteiger charge is -2.16. The van der Waals surface area contributed by atoms with E-state index in [2.05, 4.69) is 25.4 Å². The Morgan fingerprint density at radius 2 is 1.89 bits per heavy atom. The zero-order chi connectivity index (χ0) is 25.6. The Hall–Kier alpha value is -4.03. The molecule has 0 aromatic carbocycles. The number of likely N-dealkylation sites (tertiary alicyclic amines) is 1. The first-order valence-corrected chi connectivity index (χ1v) is 11.3. The molecule has 1 fully saturated rings. The van der Waals surface area contributed by atoms with E-state index < -0.39 is 11.9 Å². The van der Waals surface area contributed by atoms with Crippen molar-refractivity contribution >= 4 is 11.6 Å². The molecule has 0 bridgehead atoms. The highest BCUT2D eigenvalue weighted by Gasteiger charge is 2.36. The van der Waals surface area contributed by atoms with E-state index in [-0.39, 0.29) is 35.7 Å². The van der Waals surface area contributed by atoms with Crippen molar-refractivity contribution in [3.8, 4) is 11.7 Å². The lowest BCUT2D eigenvalue weighted by Crippen LogP contribution is -2.33. The first-order valence-electron chi connectivity index (χ1n) is 11.3. The second-order valence-electron chi connectivity index (χ2n) is 8.80. The molecule has 5 heterocycles. The topological polar surface area (TPSA) is 103 Å². The molecule has 10 nitrogen and oxygen atoms in total. The monoisotopic (exact) mass is 500 g/mol. The minimum Gasteiger partial charge on any atom is -0.466 e. The van der Waals surface area contributed by atoms with Crippen LogP contribution in [0.25, 0.3) is 11.5 Å². The van der Waals surface area contributed by atoms with Gasteiger partial charge in [-0.15, -0.1) is 10.2 Å². The van der Waals surface area contributed by atoms with Crippen LogP contribution in [0.15, 0.2) is 30.3 Å². The van der Waals surface area contributed by atoms with Crippen LogP contribution in [-0.4, -0.2) is 65.1 Å². The maximum Gasteiger partial charge on any atom is 0.433 e. The third-order valence-corrected chi connectivity index (χ3v) is 6.02. The van der Waals surface area contributed by atoms with Gasteiger partial charge in [0.1, 0.15) is 5.69 Å². The number of rotatable bonds is 5. The summed E-state index contributed by atoms with van der Waals surface area (Å²) in [4.78, 5) is 18.5. The smallest absolute Gasteiger partial charge is 0.433 e. The molecule has 0 aliphatic carbocycles. The highest BCUT2D eigenvalue weighted by Crippen LogP contribution is 2.32. The Morgan fingerprint density at radius 1 is 1.08 bits per heavy atom. The summed E-state index contributed by atoms with van der Waals surface area (Å²) in [5.74, 6) is 0.283. The van der Waals surface area contributed by atoms with Gasteiger partial charge in [-0.25, -0.2) is 14.2 Å². The minimum atomic E-state index is -4.55. The summed E-state index contributed by atoms with van der Waals surface area (Å²) in [6.07, 6.45) is -3.98. The minimum absolute atomic E-state index is 0.132. The molecule has 13 heteroatoms. The van der Waals surface area contributed by atoms with Crippen LogP contribution < -0.4 is 4.74 Å². The molecular weight excluding hydrogens is 477 g/mol. The predicted octanol–water partition coefficient (Wildman–Crippen LogP) is 3.04. The van der Waals surface area contributed by atoms with Crippen molar-refractivity contribution in [2.75, 3.05) is 19.7 Å². The number of hydrogen-bond donors (Lipinski definition) is 0. The van der Waals surface area contributed by atoms with Gasteiger partial charge in [-0.2, -0.15) is 23.4 Å². The summed E-state index contributed by atoms with van der Waals surface area (Å²) in [6.45, 7) is 5.85. The zero-order valence-corrected chi connectivity index (χ0v) is 19.8. The van der Waals surface area contributed by atoms with Gasteiger partial charge in [0.05, 0.1) is 11.4 Å². The summed E-state index contributed by atoms with van der Waals surface area (Å²) in [6, 6.07) is 7.76. The average molecular weight is 500 g/mol. The molecule has 1 saturated heterocycles. The lowest BCUT2D eigenvalue weighted by atomic mass is 10.1. The molecule has 4 aromatic rings. The molecule has 0 saturated carbocycles. The predicted molar refractivity (Wildman–Crippen MR) is 121 cm³/mol. The second kappa shape index (κ2) is 8.88. The number of halogens is 3. The molecule has 0 spiro atoms. The van der Waals surface area contributed by atoms with Crippen molar-refractivity contribution < 1.29 is 22.7 Å². The Balaban J connectivity index is 1.22. The van der Waals surface area contributed by atoms with Crippen molar-refractivity contribution in [2.24, 2.45) is 0 Å². The van der Waals surface area contributed by atoms with Gasteiger partial charge < -0.3 is 9.64 Å². The Bertz CT molecular complexity index is 1430. The molecule has 0 radical (unpaired) electrons. The van der Waals surface area contributed by atoms with Crippen molar-refractivity contribution in [3.05, 3.63) is 58.8 Å². The summed E-state index contributed by atoms with van der Waals surface area (Å²) in [7, 11) is 0. The molecule has 0 N–H and O–H groups in total. The Kier molecular flexibility index (Phi) is 5.85. The number of carbonyl (C=O) groups is 1. The fourth-order valence-corrected chi connectivity index (χ4v) is 4.34. The Labute approximate surface area is 203 Å². The molecule has 1 aliphatic heterocycles.